The molecule has 0 spiro atoms. The van der Waals surface area contributed by atoms with Crippen LogP contribution in [0.5, 0.6) is 0 Å². The van der Waals surface area contributed by atoms with Crippen molar-refractivity contribution in [3.05, 3.63) is 35.9 Å². The summed E-state index contributed by atoms with van der Waals surface area (Å²) < 4.78 is 0. The van der Waals surface area contributed by atoms with Gasteiger partial charge < -0.3 is 15.5 Å². The van der Waals surface area contributed by atoms with Crippen molar-refractivity contribution >= 4 is 5.91 Å². The number of benzene rings is 1. The SMILES string of the molecule is CC(C(=O)N(CCN(C)C)C1CCCC1)C(N)c1ccccc1. The van der Waals surface area contributed by atoms with E-state index in [1.807, 2.05) is 37.3 Å². The van der Waals surface area contributed by atoms with Crippen molar-refractivity contribution in [2.45, 2.75) is 44.7 Å². The quantitative estimate of drug-likeness (QED) is 0.841. The highest BCUT2D eigenvalue weighted by atomic mass is 16.2. The summed E-state index contributed by atoms with van der Waals surface area (Å²) in [6.07, 6.45) is 4.73. The molecule has 2 N–H and O–H groups in total. The predicted octanol–water partition coefficient (Wildman–Crippen LogP) is 2.66. The van der Waals surface area contributed by atoms with Gasteiger partial charge in [0.15, 0.2) is 0 Å². The number of amides is 1. The number of hydrogen-bond donors (Lipinski definition) is 1. The van der Waals surface area contributed by atoms with Gasteiger partial charge in [-0.05, 0) is 32.5 Å². The fraction of sp³-hybridized carbons (Fsp3) is 0.632. The predicted molar refractivity (Wildman–Crippen MR) is 95.1 cm³/mol. The van der Waals surface area contributed by atoms with E-state index >= 15 is 0 Å². The van der Waals surface area contributed by atoms with Gasteiger partial charge in [-0.1, -0.05) is 50.1 Å². The molecular formula is C19H31N3O. The maximum atomic E-state index is 13.1. The molecule has 2 unspecified atom stereocenters. The highest BCUT2D eigenvalue weighted by molar-refractivity contribution is 5.79. The van der Waals surface area contributed by atoms with E-state index in [1.165, 1.54) is 12.8 Å². The average molecular weight is 317 g/mol. The van der Waals surface area contributed by atoms with Crippen LogP contribution in [-0.4, -0.2) is 48.9 Å². The molecule has 4 heteroatoms. The molecule has 23 heavy (non-hydrogen) atoms. The maximum absolute atomic E-state index is 13.1. The topological polar surface area (TPSA) is 49.6 Å². The minimum absolute atomic E-state index is 0.194. The van der Waals surface area contributed by atoms with Crippen molar-refractivity contribution in [1.29, 1.82) is 0 Å². The molecule has 1 aliphatic carbocycles. The lowest BCUT2D eigenvalue weighted by Crippen LogP contribution is -2.47. The van der Waals surface area contributed by atoms with Gasteiger partial charge in [0.25, 0.3) is 0 Å². The first-order valence-corrected chi connectivity index (χ1v) is 8.76. The van der Waals surface area contributed by atoms with Crippen LogP contribution in [0.15, 0.2) is 30.3 Å². The van der Waals surface area contributed by atoms with Crippen molar-refractivity contribution < 1.29 is 4.79 Å². The van der Waals surface area contributed by atoms with Gasteiger partial charge in [-0.25, -0.2) is 0 Å². The molecule has 4 nitrogen and oxygen atoms in total. The minimum Gasteiger partial charge on any atom is -0.338 e. The van der Waals surface area contributed by atoms with Gasteiger partial charge in [-0.2, -0.15) is 0 Å². The molecule has 0 aliphatic heterocycles. The number of nitrogens with zero attached hydrogens (tertiary/aromatic N) is 2. The van der Waals surface area contributed by atoms with Gasteiger partial charge in [0, 0.05) is 25.2 Å². The third-order valence-electron chi connectivity index (χ3n) is 4.95. The second-order valence-corrected chi connectivity index (χ2v) is 7.00. The van der Waals surface area contributed by atoms with Gasteiger partial charge in [-0.3, -0.25) is 4.79 Å². The lowest BCUT2D eigenvalue weighted by molar-refractivity contribution is -0.138. The van der Waals surface area contributed by atoms with Gasteiger partial charge in [0.05, 0.1) is 5.92 Å². The largest absolute Gasteiger partial charge is 0.338 e. The minimum atomic E-state index is -0.244. The molecule has 1 aliphatic rings. The Kier molecular flexibility index (Phi) is 6.60. The van der Waals surface area contributed by atoms with Crippen LogP contribution >= 0.6 is 0 Å². The summed E-state index contributed by atoms with van der Waals surface area (Å²) in [6, 6.07) is 10.1. The van der Waals surface area contributed by atoms with Crippen molar-refractivity contribution in [1.82, 2.24) is 9.80 Å². The summed E-state index contributed by atoms with van der Waals surface area (Å²) in [5.74, 6) is 0.00950. The third-order valence-corrected chi connectivity index (χ3v) is 4.95. The van der Waals surface area contributed by atoms with Gasteiger partial charge in [0.2, 0.25) is 5.91 Å². The molecule has 1 amide bonds. The zero-order chi connectivity index (χ0) is 16.8. The Labute approximate surface area is 140 Å². The van der Waals surface area contributed by atoms with Crippen LogP contribution in [0.2, 0.25) is 0 Å². The Hall–Kier alpha value is -1.39. The first kappa shape index (κ1) is 18.0. The number of likely N-dealkylation sites (N-methyl/N-ethyl adjacent to an activating group) is 1. The van der Waals surface area contributed by atoms with Gasteiger partial charge in [0.1, 0.15) is 0 Å². The van der Waals surface area contributed by atoms with Crippen LogP contribution in [-0.2, 0) is 4.79 Å². The smallest absolute Gasteiger partial charge is 0.227 e. The van der Waals surface area contributed by atoms with Gasteiger partial charge in [-0.15, -0.1) is 0 Å². The molecule has 0 bridgehead atoms. The molecule has 1 saturated carbocycles. The number of carbonyl (C=O) groups excluding carboxylic acids is 1. The van der Waals surface area contributed by atoms with Crippen LogP contribution in [0.1, 0.15) is 44.2 Å². The van der Waals surface area contributed by atoms with E-state index in [0.29, 0.717) is 6.04 Å². The molecule has 1 aromatic rings. The number of carbonyl (C=O) groups is 1. The van der Waals surface area contributed by atoms with Crippen molar-refractivity contribution in [3.8, 4) is 0 Å². The number of nitrogens with two attached hydrogens (primary N) is 1. The van der Waals surface area contributed by atoms with E-state index in [2.05, 4.69) is 23.9 Å². The van der Waals surface area contributed by atoms with E-state index in [0.717, 1.165) is 31.5 Å². The second-order valence-electron chi connectivity index (χ2n) is 7.00. The van der Waals surface area contributed by atoms with Crippen molar-refractivity contribution in [3.63, 3.8) is 0 Å². The standard InChI is InChI=1S/C19H31N3O/c1-15(18(20)16-9-5-4-6-10-16)19(23)22(14-13-21(2)3)17-11-7-8-12-17/h4-6,9-10,15,17-18H,7-8,11-14,20H2,1-3H3. The zero-order valence-electron chi connectivity index (χ0n) is 14.7. The average Bonchev–Trinajstić information content (AvgIpc) is 3.08. The Morgan fingerprint density at radius 1 is 1.17 bits per heavy atom. The lowest BCUT2D eigenvalue weighted by atomic mass is 9.93. The molecule has 2 rings (SSSR count). The third kappa shape index (κ3) is 4.79. The van der Waals surface area contributed by atoms with Crippen LogP contribution in [0.4, 0.5) is 0 Å². The highest BCUT2D eigenvalue weighted by Crippen LogP contribution is 2.27. The van der Waals surface area contributed by atoms with Crippen molar-refractivity contribution in [2.75, 3.05) is 27.2 Å². The Morgan fingerprint density at radius 2 is 1.78 bits per heavy atom. The summed E-state index contributed by atoms with van der Waals surface area (Å²) in [5.41, 5.74) is 7.41. The van der Waals surface area contributed by atoms with Crippen LogP contribution < -0.4 is 5.73 Å². The molecule has 128 valence electrons. The number of hydrogen-bond acceptors (Lipinski definition) is 3. The zero-order valence-corrected chi connectivity index (χ0v) is 14.7. The van der Waals surface area contributed by atoms with E-state index < -0.39 is 0 Å². The summed E-state index contributed by atoms with van der Waals surface area (Å²) in [5, 5.41) is 0. The van der Waals surface area contributed by atoms with Crippen molar-refractivity contribution in [2.24, 2.45) is 11.7 Å². The Balaban J connectivity index is 2.08. The summed E-state index contributed by atoms with van der Waals surface area (Å²) in [6.45, 7) is 3.66. The molecule has 0 radical (unpaired) electrons. The fourth-order valence-corrected chi connectivity index (χ4v) is 3.38. The maximum Gasteiger partial charge on any atom is 0.227 e. The van der Waals surface area contributed by atoms with Gasteiger partial charge >= 0.3 is 0 Å². The lowest BCUT2D eigenvalue weighted by Gasteiger charge is -2.34. The van der Waals surface area contributed by atoms with Crippen LogP contribution in [0.3, 0.4) is 0 Å². The van der Waals surface area contributed by atoms with Crippen LogP contribution in [0, 0.1) is 5.92 Å². The molecule has 1 fully saturated rings. The van der Waals surface area contributed by atoms with E-state index in [4.69, 9.17) is 5.73 Å². The molecule has 0 aromatic heterocycles. The van der Waals surface area contributed by atoms with E-state index in [1.54, 1.807) is 0 Å². The molecule has 2 atom stereocenters. The van der Waals surface area contributed by atoms with E-state index in [-0.39, 0.29) is 17.9 Å². The normalized spacial score (nSPS) is 18.1. The molecule has 0 saturated heterocycles. The second kappa shape index (κ2) is 8.46. The Morgan fingerprint density at radius 3 is 2.35 bits per heavy atom. The monoisotopic (exact) mass is 317 g/mol. The Bertz CT molecular complexity index is 483. The number of rotatable bonds is 7. The molecular weight excluding hydrogens is 286 g/mol. The molecule has 1 aromatic carbocycles. The first-order chi connectivity index (χ1) is 11.0. The summed E-state index contributed by atoms with van der Waals surface area (Å²) >= 11 is 0. The molecule has 0 heterocycles. The summed E-state index contributed by atoms with van der Waals surface area (Å²) in [4.78, 5) is 17.3. The first-order valence-electron chi connectivity index (χ1n) is 8.76. The van der Waals surface area contributed by atoms with Crippen LogP contribution in [0.25, 0.3) is 0 Å². The highest BCUT2D eigenvalue weighted by Gasteiger charge is 2.32. The fourth-order valence-electron chi connectivity index (χ4n) is 3.38. The summed E-state index contributed by atoms with van der Waals surface area (Å²) in [7, 11) is 4.10. The van der Waals surface area contributed by atoms with E-state index in [9.17, 15) is 4.79 Å².